The molecule has 1 aromatic carbocycles. The molecule has 0 fully saturated rings. The van der Waals surface area contributed by atoms with Crippen LogP contribution in [0.15, 0.2) is 30.6 Å². The van der Waals surface area contributed by atoms with Crippen LogP contribution in [0, 0.1) is 11.6 Å². The highest BCUT2D eigenvalue weighted by Crippen LogP contribution is 2.13. The molecule has 1 N–H and O–H groups in total. The van der Waals surface area contributed by atoms with Crippen molar-refractivity contribution in [1.82, 2.24) is 19.8 Å². The van der Waals surface area contributed by atoms with Crippen molar-refractivity contribution in [1.29, 1.82) is 0 Å². The van der Waals surface area contributed by atoms with Gasteiger partial charge in [-0.2, -0.15) is 0 Å². The third-order valence-corrected chi connectivity index (χ3v) is 3.86. The highest BCUT2D eigenvalue weighted by molar-refractivity contribution is 5.74. The van der Waals surface area contributed by atoms with E-state index in [1.165, 1.54) is 12.1 Å². The molecule has 2 amide bonds. The summed E-state index contributed by atoms with van der Waals surface area (Å²) in [6.45, 7) is 7.18. The molecule has 1 heterocycles. The molecule has 7 heteroatoms. The Balaban J connectivity index is 2.13. The lowest BCUT2D eigenvalue weighted by Crippen LogP contribution is -2.44. The van der Waals surface area contributed by atoms with E-state index < -0.39 is 11.6 Å². The number of imidazole rings is 1. The van der Waals surface area contributed by atoms with Gasteiger partial charge in [0.15, 0.2) is 11.6 Å². The zero-order chi connectivity index (χ0) is 18.4. The average molecular weight is 350 g/mol. The Morgan fingerprint density at radius 2 is 2.08 bits per heavy atom. The molecule has 1 aromatic heterocycles. The van der Waals surface area contributed by atoms with Crippen LogP contribution in [0.4, 0.5) is 13.6 Å². The zero-order valence-electron chi connectivity index (χ0n) is 14.8. The molecule has 0 saturated heterocycles. The molecule has 2 aromatic rings. The first-order valence-corrected chi connectivity index (χ1v) is 8.40. The molecule has 0 atom stereocenters. The van der Waals surface area contributed by atoms with E-state index in [-0.39, 0.29) is 12.1 Å². The molecule has 0 aliphatic rings. The van der Waals surface area contributed by atoms with Crippen LogP contribution in [-0.4, -0.2) is 33.1 Å². The number of halogens is 2. The van der Waals surface area contributed by atoms with E-state index in [0.29, 0.717) is 31.0 Å². The Morgan fingerprint density at radius 1 is 1.32 bits per heavy atom. The second-order valence-corrected chi connectivity index (χ2v) is 6.17. The standard InChI is InChI=1S/C18H24F2N4O/c1-4-7-22-18(25)24(13(2)3)12-17-21-8-9-23(17)11-14-5-6-15(19)16(20)10-14/h5-6,8-10,13H,4,7,11-12H2,1-3H3,(H,22,25). The minimum Gasteiger partial charge on any atom is -0.338 e. The van der Waals surface area contributed by atoms with E-state index >= 15 is 0 Å². The summed E-state index contributed by atoms with van der Waals surface area (Å²) >= 11 is 0. The number of nitrogens with one attached hydrogen (secondary N) is 1. The van der Waals surface area contributed by atoms with Gasteiger partial charge in [0, 0.05) is 31.5 Å². The monoisotopic (exact) mass is 350 g/mol. The van der Waals surface area contributed by atoms with E-state index in [0.717, 1.165) is 12.5 Å². The normalized spacial score (nSPS) is 11.0. The summed E-state index contributed by atoms with van der Waals surface area (Å²) in [5.41, 5.74) is 0.629. The Labute approximate surface area is 146 Å². The molecule has 5 nitrogen and oxygen atoms in total. The predicted molar refractivity (Wildman–Crippen MR) is 92.1 cm³/mol. The minimum atomic E-state index is -0.873. The van der Waals surface area contributed by atoms with Crippen molar-refractivity contribution in [2.45, 2.75) is 46.3 Å². The van der Waals surface area contributed by atoms with Gasteiger partial charge in [0.05, 0.1) is 6.54 Å². The summed E-state index contributed by atoms with van der Waals surface area (Å²) in [5.74, 6) is -1.06. The van der Waals surface area contributed by atoms with Gasteiger partial charge in [-0.3, -0.25) is 0 Å². The van der Waals surface area contributed by atoms with Gasteiger partial charge in [0.1, 0.15) is 5.82 Å². The number of hydrogen-bond donors (Lipinski definition) is 1. The van der Waals surface area contributed by atoms with Crippen LogP contribution < -0.4 is 5.32 Å². The van der Waals surface area contributed by atoms with Gasteiger partial charge in [-0.1, -0.05) is 13.0 Å². The molecule has 25 heavy (non-hydrogen) atoms. The summed E-state index contributed by atoms with van der Waals surface area (Å²) in [6.07, 6.45) is 4.26. The van der Waals surface area contributed by atoms with Crippen molar-refractivity contribution in [2.75, 3.05) is 6.54 Å². The lowest BCUT2D eigenvalue weighted by molar-refractivity contribution is 0.177. The van der Waals surface area contributed by atoms with Gasteiger partial charge in [-0.25, -0.2) is 18.6 Å². The molecule has 136 valence electrons. The van der Waals surface area contributed by atoms with Crippen molar-refractivity contribution < 1.29 is 13.6 Å². The van der Waals surface area contributed by atoms with E-state index in [4.69, 9.17) is 0 Å². The number of benzene rings is 1. The van der Waals surface area contributed by atoms with Gasteiger partial charge in [-0.15, -0.1) is 0 Å². The maximum Gasteiger partial charge on any atom is 0.318 e. The van der Waals surface area contributed by atoms with Crippen molar-refractivity contribution in [2.24, 2.45) is 0 Å². The predicted octanol–water partition coefficient (Wildman–Crippen LogP) is 3.54. The topological polar surface area (TPSA) is 50.2 Å². The summed E-state index contributed by atoms with van der Waals surface area (Å²) in [5, 5.41) is 2.87. The quantitative estimate of drug-likeness (QED) is 0.830. The molecular formula is C18H24F2N4O. The fraction of sp³-hybridized carbons (Fsp3) is 0.444. The number of carbonyl (C=O) groups is 1. The number of hydrogen-bond acceptors (Lipinski definition) is 2. The average Bonchev–Trinajstić information content (AvgIpc) is 3.00. The van der Waals surface area contributed by atoms with Crippen molar-refractivity contribution in [3.8, 4) is 0 Å². The minimum absolute atomic E-state index is 0.00488. The number of urea groups is 1. The van der Waals surface area contributed by atoms with Crippen LogP contribution >= 0.6 is 0 Å². The first-order chi connectivity index (χ1) is 11.9. The second-order valence-electron chi connectivity index (χ2n) is 6.17. The van der Waals surface area contributed by atoms with Crippen molar-refractivity contribution >= 4 is 6.03 Å². The van der Waals surface area contributed by atoms with E-state index in [9.17, 15) is 13.6 Å². The van der Waals surface area contributed by atoms with Crippen LogP contribution in [0.2, 0.25) is 0 Å². The third kappa shape index (κ3) is 5.01. The van der Waals surface area contributed by atoms with Crippen LogP contribution in [0.1, 0.15) is 38.6 Å². The fourth-order valence-corrected chi connectivity index (χ4v) is 2.45. The number of rotatable bonds is 7. The lowest BCUT2D eigenvalue weighted by Gasteiger charge is -2.27. The Morgan fingerprint density at radius 3 is 2.72 bits per heavy atom. The molecule has 0 unspecified atom stereocenters. The highest BCUT2D eigenvalue weighted by Gasteiger charge is 2.19. The van der Waals surface area contributed by atoms with E-state index in [2.05, 4.69) is 10.3 Å². The summed E-state index contributed by atoms with van der Waals surface area (Å²) in [6, 6.07) is 3.69. The fourth-order valence-electron chi connectivity index (χ4n) is 2.45. The van der Waals surface area contributed by atoms with Crippen molar-refractivity contribution in [3.63, 3.8) is 0 Å². The smallest absolute Gasteiger partial charge is 0.318 e. The lowest BCUT2D eigenvalue weighted by atomic mass is 10.2. The van der Waals surface area contributed by atoms with Gasteiger partial charge in [0.25, 0.3) is 0 Å². The molecule has 0 radical (unpaired) electrons. The molecule has 0 spiro atoms. The Kier molecular flexibility index (Phi) is 6.50. The molecule has 0 aliphatic heterocycles. The van der Waals surface area contributed by atoms with Crippen LogP contribution in [0.3, 0.4) is 0 Å². The van der Waals surface area contributed by atoms with Gasteiger partial charge < -0.3 is 14.8 Å². The first-order valence-electron chi connectivity index (χ1n) is 8.40. The molecule has 2 rings (SSSR count). The summed E-state index contributed by atoms with van der Waals surface area (Å²) in [7, 11) is 0. The molecule has 0 saturated carbocycles. The Bertz CT molecular complexity index is 715. The van der Waals surface area contributed by atoms with E-state index in [1.54, 1.807) is 17.3 Å². The van der Waals surface area contributed by atoms with Gasteiger partial charge in [-0.05, 0) is 38.0 Å². The maximum absolute atomic E-state index is 13.4. The van der Waals surface area contributed by atoms with E-state index in [1.807, 2.05) is 25.3 Å². The van der Waals surface area contributed by atoms with Crippen LogP contribution in [-0.2, 0) is 13.1 Å². The molecular weight excluding hydrogens is 326 g/mol. The van der Waals surface area contributed by atoms with Crippen LogP contribution in [0.5, 0.6) is 0 Å². The van der Waals surface area contributed by atoms with Gasteiger partial charge >= 0.3 is 6.03 Å². The number of nitrogens with zero attached hydrogens (tertiary/aromatic N) is 3. The van der Waals surface area contributed by atoms with Crippen LogP contribution in [0.25, 0.3) is 0 Å². The maximum atomic E-state index is 13.4. The molecule has 0 aliphatic carbocycles. The first kappa shape index (κ1) is 18.9. The zero-order valence-corrected chi connectivity index (χ0v) is 14.8. The number of aromatic nitrogens is 2. The summed E-state index contributed by atoms with van der Waals surface area (Å²) in [4.78, 5) is 18.3. The highest BCUT2D eigenvalue weighted by atomic mass is 19.2. The number of amides is 2. The Hall–Kier alpha value is -2.44. The number of carbonyl (C=O) groups excluding carboxylic acids is 1. The third-order valence-electron chi connectivity index (χ3n) is 3.86. The second kappa shape index (κ2) is 8.60. The van der Waals surface area contributed by atoms with Gasteiger partial charge in [0.2, 0.25) is 0 Å². The van der Waals surface area contributed by atoms with Crippen molar-refractivity contribution in [3.05, 3.63) is 53.6 Å². The summed E-state index contributed by atoms with van der Waals surface area (Å²) < 4.78 is 28.3. The largest absolute Gasteiger partial charge is 0.338 e. The SMILES string of the molecule is CCCNC(=O)N(Cc1nccn1Cc1ccc(F)c(F)c1)C(C)C. The molecule has 0 bridgehead atoms.